The van der Waals surface area contributed by atoms with Crippen molar-refractivity contribution in [2.24, 2.45) is 0 Å². The maximum Gasteiger partial charge on any atom is 0.326 e. The first-order valence-electron chi connectivity index (χ1n) is 9.56. The van der Waals surface area contributed by atoms with E-state index in [4.69, 9.17) is 23.2 Å². The van der Waals surface area contributed by atoms with Crippen molar-refractivity contribution in [2.45, 2.75) is 6.42 Å². The standard InChI is InChI=1S/C23H20Cl2FN3O2/c24-16-6-10-18(11-7-16)28-23(31)29(19-12-8-17(26)9-13-19)15-3-14-27-22(30)20-4-1-2-5-21(20)25/h1-2,4-13H,3,14-15H2,(H,27,30)(H,28,31). The molecular formula is C23H20Cl2FN3O2. The molecule has 8 heteroatoms. The van der Waals surface area contributed by atoms with Gasteiger partial charge in [0.25, 0.3) is 5.91 Å². The van der Waals surface area contributed by atoms with Crippen molar-refractivity contribution < 1.29 is 14.0 Å². The molecule has 0 atom stereocenters. The number of hydrogen-bond donors (Lipinski definition) is 2. The lowest BCUT2D eigenvalue weighted by Gasteiger charge is -2.23. The van der Waals surface area contributed by atoms with E-state index in [9.17, 15) is 14.0 Å². The predicted octanol–water partition coefficient (Wildman–Crippen LogP) is 5.99. The maximum atomic E-state index is 13.3. The number of benzene rings is 3. The lowest BCUT2D eigenvalue weighted by Crippen LogP contribution is -2.37. The molecule has 2 N–H and O–H groups in total. The van der Waals surface area contributed by atoms with Gasteiger partial charge in [-0.05, 0) is 67.1 Å². The van der Waals surface area contributed by atoms with E-state index in [2.05, 4.69) is 10.6 Å². The minimum Gasteiger partial charge on any atom is -0.352 e. The minimum absolute atomic E-state index is 0.287. The number of nitrogens with zero attached hydrogens (tertiary/aromatic N) is 1. The van der Waals surface area contributed by atoms with Gasteiger partial charge >= 0.3 is 6.03 Å². The van der Waals surface area contributed by atoms with E-state index >= 15 is 0 Å². The topological polar surface area (TPSA) is 61.4 Å². The van der Waals surface area contributed by atoms with E-state index in [-0.39, 0.29) is 11.9 Å². The molecule has 0 aliphatic heterocycles. The predicted molar refractivity (Wildman–Crippen MR) is 123 cm³/mol. The molecule has 0 unspecified atom stereocenters. The molecule has 5 nitrogen and oxygen atoms in total. The zero-order valence-corrected chi connectivity index (χ0v) is 18.0. The number of nitrogens with one attached hydrogen (secondary N) is 2. The summed E-state index contributed by atoms with van der Waals surface area (Å²) in [6.07, 6.45) is 0.474. The molecule has 0 saturated heterocycles. The van der Waals surface area contributed by atoms with E-state index in [0.717, 1.165) is 0 Å². The third-order valence-electron chi connectivity index (χ3n) is 4.44. The highest BCUT2D eigenvalue weighted by molar-refractivity contribution is 6.33. The Balaban J connectivity index is 1.63. The van der Waals surface area contributed by atoms with Gasteiger partial charge in [0, 0.05) is 29.5 Å². The van der Waals surface area contributed by atoms with Gasteiger partial charge in [0.1, 0.15) is 5.82 Å². The molecule has 3 amide bonds. The molecule has 0 bridgehead atoms. The summed E-state index contributed by atoms with van der Waals surface area (Å²) in [7, 11) is 0. The number of urea groups is 1. The highest BCUT2D eigenvalue weighted by atomic mass is 35.5. The molecule has 0 aromatic heterocycles. The molecule has 0 saturated carbocycles. The Morgan fingerprint density at radius 2 is 1.58 bits per heavy atom. The van der Waals surface area contributed by atoms with Crippen LogP contribution in [0.5, 0.6) is 0 Å². The zero-order chi connectivity index (χ0) is 22.2. The number of rotatable bonds is 7. The summed E-state index contributed by atoms with van der Waals surface area (Å²) in [6.45, 7) is 0.629. The third-order valence-corrected chi connectivity index (χ3v) is 5.02. The van der Waals surface area contributed by atoms with Gasteiger partial charge in [-0.2, -0.15) is 0 Å². The largest absolute Gasteiger partial charge is 0.352 e. The number of carbonyl (C=O) groups is 2. The van der Waals surface area contributed by atoms with Crippen molar-refractivity contribution in [3.8, 4) is 0 Å². The fraction of sp³-hybridized carbons (Fsp3) is 0.130. The summed E-state index contributed by atoms with van der Waals surface area (Å²) in [6, 6.07) is 18.7. The van der Waals surface area contributed by atoms with E-state index in [0.29, 0.717) is 46.5 Å². The average Bonchev–Trinajstić information content (AvgIpc) is 2.76. The monoisotopic (exact) mass is 459 g/mol. The zero-order valence-electron chi connectivity index (χ0n) is 16.4. The van der Waals surface area contributed by atoms with Crippen LogP contribution in [0, 0.1) is 5.82 Å². The van der Waals surface area contributed by atoms with Crippen LogP contribution in [0.4, 0.5) is 20.6 Å². The molecule has 3 aromatic rings. The van der Waals surface area contributed by atoms with Gasteiger partial charge in [-0.25, -0.2) is 9.18 Å². The number of halogens is 3. The average molecular weight is 460 g/mol. The van der Waals surface area contributed by atoms with E-state index in [1.165, 1.54) is 29.2 Å². The Kier molecular flexibility index (Phi) is 7.87. The SMILES string of the molecule is O=C(NCCCN(C(=O)Nc1ccc(Cl)cc1)c1ccc(F)cc1)c1ccccc1Cl. The molecule has 0 heterocycles. The van der Waals surface area contributed by atoms with Gasteiger partial charge in [0.2, 0.25) is 0 Å². The van der Waals surface area contributed by atoms with Gasteiger partial charge in [-0.1, -0.05) is 35.3 Å². The van der Waals surface area contributed by atoms with Gasteiger partial charge in [0.05, 0.1) is 10.6 Å². The second-order valence-electron chi connectivity index (χ2n) is 6.65. The fourth-order valence-electron chi connectivity index (χ4n) is 2.87. The smallest absolute Gasteiger partial charge is 0.326 e. The van der Waals surface area contributed by atoms with Crippen LogP contribution in [0.15, 0.2) is 72.8 Å². The Bertz CT molecular complexity index is 1040. The molecule has 31 heavy (non-hydrogen) atoms. The van der Waals surface area contributed by atoms with Crippen LogP contribution in [-0.2, 0) is 0 Å². The first kappa shape index (κ1) is 22.6. The van der Waals surface area contributed by atoms with Crippen LogP contribution in [0.3, 0.4) is 0 Å². The molecule has 0 radical (unpaired) electrons. The lowest BCUT2D eigenvalue weighted by atomic mass is 10.2. The summed E-state index contributed by atoms with van der Waals surface area (Å²) in [4.78, 5) is 26.6. The molecule has 3 aromatic carbocycles. The summed E-state index contributed by atoms with van der Waals surface area (Å²) >= 11 is 11.9. The van der Waals surface area contributed by atoms with Crippen molar-refractivity contribution in [2.75, 3.05) is 23.3 Å². The molecule has 0 aliphatic carbocycles. The van der Waals surface area contributed by atoms with Gasteiger partial charge in [-0.3, -0.25) is 9.69 Å². The summed E-state index contributed by atoms with van der Waals surface area (Å²) in [5.41, 5.74) is 1.50. The number of amides is 3. The maximum absolute atomic E-state index is 13.3. The molecule has 3 rings (SSSR count). The van der Waals surface area contributed by atoms with Crippen molar-refractivity contribution in [3.05, 3.63) is 94.2 Å². The van der Waals surface area contributed by atoms with Crippen LogP contribution in [0.1, 0.15) is 16.8 Å². The summed E-state index contributed by atoms with van der Waals surface area (Å²) in [5, 5.41) is 6.52. The van der Waals surface area contributed by atoms with Crippen molar-refractivity contribution >= 4 is 46.5 Å². The number of hydrogen-bond acceptors (Lipinski definition) is 2. The lowest BCUT2D eigenvalue weighted by molar-refractivity contribution is 0.0953. The number of anilines is 2. The Hall–Kier alpha value is -3.09. The highest BCUT2D eigenvalue weighted by Crippen LogP contribution is 2.19. The summed E-state index contributed by atoms with van der Waals surface area (Å²) < 4.78 is 13.3. The normalized spacial score (nSPS) is 10.4. The first-order valence-corrected chi connectivity index (χ1v) is 10.3. The van der Waals surface area contributed by atoms with Crippen LogP contribution in [0.2, 0.25) is 10.0 Å². The van der Waals surface area contributed by atoms with Gasteiger partial charge in [0.15, 0.2) is 0 Å². The van der Waals surface area contributed by atoms with Gasteiger partial charge < -0.3 is 10.6 Å². The Morgan fingerprint density at radius 3 is 2.26 bits per heavy atom. The molecule has 0 fully saturated rings. The van der Waals surface area contributed by atoms with Crippen LogP contribution >= 0.6 is 23.2 Å². The quantitative estimate of drug-likeness (QED) is 0.426. The number of carbonyl (C=O) groups excluding carboxylic acids is 2. The Morgan fingerprint density at radius 1 is 0.903 bits per heavy atom. The molecule has 160 valence electrons. The van der Waals surface area contributed by atoms with Crippen molar-refractivity contribution in [1.82, 2.24) is 5.32 Å². The van der Waals surface area contributed by atoms with Crippen molar-refractivity contribution in [3.63, 3.8) is 0 Å². The Labute approximate surface area is 189 Å². The highest BCUT2D eigenvalue weighted by Gasteiger charge is 2.16. The van der Waals surface area contributed by atoms with Gasteiger partial charge in [-0.15, -0.1) is 0 Å². The van der Waals surface area contributed by atoms with Crippen LogP contribution < -0.4 is 15.5 Å². The van der Waals surface area contributed by atoms with E-state index in [1.807, 2.05) is 0 Å². The first-order chi connectivity index (χ1) is 14.9. The van der Waals surface area contributed by atoms with Crippen LogP contribution in [0.25, 0.3) is 0 Å². The van der Waals surface area contributed by atoms with E-state index < -0.39 is 5.82 Å². The van der Waals surface area contributed by atoms with Crippen LogP contribution in [-0.4, -0.2) is 25.0 Å². The second-order valence-corrected chi connectivity index (χ2v) is 7.50. The minimum atomic E-state index is -0.395. The van der Waals surface area contributed by atoms with Crippen molar-refractivity contribution in [1.29, 1.82) is 0 Å². The van der Waals surface area contributed by atoms with E-state index in [1.54, 1.807) is 48.5 Å². The molecular weight excluding hydrogens is 440 g/mol. The molecule has 0 aliphatic rings. The fourth-order valence-corrected chi connectivity index (χ4v) is 3.22. The second kappa shape index (κ2) is 10.8. The molecule has 0 spiro atoms. The summed E-state index contributed by atoms with van der Waals surface area (Å²) in [5.74, 6) is -0.682. The third kappa shape index (κ3) is 6.44.